The summed E-state index contributed by atoms with van der Waals surface area (Å²) in [4.78, 5) is 22.0. The molecule has 0 saturated heterocycles. The first-order valence-electron chi connectivity index (χ1n) is 11.3. The predicted octanol–water partition coefficient (Wildman–Crippen LogP) is 3.53. The fourth-order valence-corrected chi connectivity index (χ4v) is 6.92. The minimum atomic E-state index is -2.59. The van der Waals surface area contributed by atoms with Crippen LogP contribution in [0.25, 0.3) is 0 Å². The van der Waals surface area contributed by atoms with E-state index in [1.165, 1.54) is 0 Å². The zero-order valence-corrected chi connectivity index (χ0v) is 23.9. The Hall–Kier alpha value is -1.39. The van der Waals surface area contributed by atoms with E-state index < -0.39 is 23.6 Å². The Kier molecular flexibility index (Phi) is 21.4. The van der Waals surface area contributed by atoms with Crippen molar-refractivity contribution in [3.63, 3.8) is 0 Å². The topological polar surface area (TPSA) is 108 Å². The van der Waals surface area contributed by atoms with Gasteiger partial charge in [0.15, 0.2) is 0 Å². The molecule has 0 amide bonds. The number of hydrogen-bond donors (Lipinski definition) is 0. The number of esters is 2. The van der Waals surface area contributed by atoms with Crippen LogP contribution in [0.5, 0.6) is 0 Å². The second-order valence-electron chi connectivity index (χ2n) is 6.77. The second-order valence-corrected chi connectivity index (χ2v) is 12.6. The molecule has 0 aromatic rings. The number of carbonyl (C=O) groups excluding carboxylic acids is 2. The van der Waals surface area contributed by atoms with Gasteiger partial charge in [0.05, 0.1) is 13.2 Å². The van der Waals surface area contributed by atoms with E-state index in [0.29, 0.717) is 63.5 Å². The van der Waals surface area contributed by atoms with Gasteiger partial charge in [-0.2, -0.15) is 0 Å². The molecule has 0 saturated carbocycles. The Bertz CT molecular complexity index is 557. The average molecular weight is 525 g/mol. The Morgan fingerprint density at radius 2 is 1.18 bits per heavy atom. The third kappa shape index (κ3) is 15.5. The lowest BCUT2D eigenvalue weighted by Gasteiger charge is -2.28. The predicted molar refractivity (Wildman–Crippen MR) is 133 cm³/mol. The molecular weight excluding hydrogens is 480 g/mol. The van der Waals surface area contributed by atoms with Crippen LogP contribution in [0, 0.1) is 0 Å². The minimum absolute atomic E-state index is 0.316. The van der Waals surface area contributed by atoms with Crippen molar-refractivity contribution in [1.29, 1.82) is 0 Å². The minimum Gasteiger partial charge on any atom is -0.463 e. The summed E-state index contributed by atoms with van der Waals surface area (Å²) in [5, 5.41) is 0. The fourth-order valence-electron chi connectivity index (χ4n) is 2.65. The molecule has 0 atom stereocenters. The Labute approximate surface area is 207 Å². The standard InChI is InChI=1S/C12H24O5Si.C10H20O5Si/c1-5-12(13)14-10-9-11-18(15-6-2,16-7-3)17-8-4;1-9(2)10(11)15-7-6-8-16(12-3,13-4)14-5/h5H,1,6-11H2,2-4H3;1,6-8H2,2-5H3. The van der Waals surface area contributed by atoms with Gasteiger partial charge in [0.25, 0.3) is 0 Å². The molecule has 0 heterocycles. The molecule has 0 aliphatic carbocycles. The van der Waals surface area contributed by atoms with Crippen LogP contribution < -0.4 is 0 Å². The highest BCUT2D eigenvalue weighted by molar-refractivity contribution is 6.61. The van der Waals surface area contributed by atoms with E-state index in [0.717, 1.165) is 6.08 Å². The quantitative estimate of drug-likeness (QED) is 0.108. The first kappa shape index (κ1) is 34.8. The van der Waals surface area contributed by atoms with Gasteiger partial charge in [0.1, 0.15) is 0 Å². The van der Waals surface area contributed by atoms with Gasteiger partial charge in [-0.05, 0) is 40.5 Å². The van der Waals surface area contributed by atoms with Crippen LogP contribution in [0.2, 0.25) is 12.1 Å². The van der Waals surface area contributed by atoms with Crippen molar-refractivity contribution in [3.8, 4) is 0 Å². The summed E-state index contributed by atoms with van der Waals surface area (Å²) in [6.45, 7) is 16.5. The summed E-state index contributed by atoms with van der Waals surface area (Å²) < 4.78 is 42.6. The largest absolute Gasteiger partial charge is 0.501 e. The van der Waals surface area contributed by atoms with Gasteiger partial charge < -0.3 is 36.0 Å². The van der Waals surface area contributed by atoms with Crippen molar-refractivity contribution in [2.45, 2.75) is 52.6 Å². The van der Waals surface area contributed by atoms with E-state index in [2.05, 4.69) is 13.2 Å². The van der Waals surface area contributed by atoms with Crippen LogP contribution in [0.4, 0.5) is 0 Å². The van der Waals surface area contributed by atoms with Crippen LogP contribution in [0.1, 0.15) is 40.5 Å². The molecule has 0 radical (unpaired) electrons. The molecule has 0 unspecified atom stereocenters. The third-order valence-electron chi connectivity index (χ3n) is 4.27. The van der Waals surface area contributed by atoms with E-state index in [1.807, 2.05) is 20.8 Å². The van der Waals surface area contributed by atoms with Gasteiger partial charge >= 0.3 is 29.5 Å². The van der Waals surface area contributed by atoms with Crippen molar-refractivity contribution in [1.82, 2.24) is 0 Å². The van der Waals surface area contributed by atoms with Crippen molar-refractivity contribution in [2.75, 3.05) is 54.4 Å². The first-order chi connectivity index (χ1) is 16.1. The molecule has 0 bridgehead atoms. The maximum Gasteiger partial charge on any atom is 0.501 e. The van der Waals surface area contributed by atoms with Gasteiger partial charge in [-0.25, -0.2) is 9.59 Å². The lowest BCUT2D eigenvalue weighted by atomic mass is 10.4. The number of hydrogen-bond acceptors (Lipinski definition) is 10. The molecule has 0 spiro atoms. The molecule has 0 aliphatic rings. The number of ether oxygens (including phenoxy) is 2. The zero-order valence-electron chi connectivity index (χ0n) is 21.9. The average Bonchev–Trinajstić information content (AvgIpc) is 2.83. The van der Waals surface area contributed by atoms with E-state index in [-0.39, 0.29) is 5.97 Å². The highest BCUT2D eigenvalue weighted by Crippen LogP contribution is 2.18. The maximum absolute atomic E-state index is 11.1. The molecule has 0 aliphatic heterocycles. The molecule has 34 heavy (non-hydrogen) atoms. The Balaban J connectivity index is 0. The summed E-state index contributed by atoms with van der Waals surface area (Å²) in [6.07, 6.45) is 2.45. The van der Waals surface area contributed by atoms with E-state index >= 15 is 0 Å². The molecule has 200 valence electrons. The number of carbonyl (C=O) groups is 2. The molecule has 0 fully saturated rings. The van der Waals surface area contributed by atoms with Gasteiger partial charge in [0.2, 0.25) is 0 Å². The van der Waals surface area contributed by atoms with Gasteiger partial charge in [-0.15, -0.1) is 0 Å². The Morgan fingerprint density at radius 3 is 1.53 bits per heavy atom. The van der Waals surface area contributed by atoms with Crippen LogP contribution >= 0.6 is 0 Å². The normalized spacial score (nSPS) is 11.3. The molecule has 10 nitrogen and oxygen atoms in total. The highest BCUT2D eigenvalue weighted by Gasteiger charge is 2.39. The summed E-state index contributed by atoms with van der Waals surface area (Å²) in [5.41, 5.74) is 0.397. The lowest BCUT2D eigenvalue weighted by Crippen LogP contribution is -2.46. The highest BCUT2D eigenvalue weighted by atomic mass is 28.4. The van der Waals surface area contributed by atoms with E-state index in [9.17, 15) is 9.59 Å². The monoisotopic (exact) mass is 524 g/mol. The second kappa shape index (κ2) is 20.9. The SMILES string of the molecule is C=C(C)C(=O)OCCC[Si](OC)(OC)OC.C=CC(=O)OCCC[Si](OCC)(OCC)OCC. The van der Waals surface area contributed by atoms with Crippen molar-refractivity contribution >= 4 is 29.5 Å². The van der Waals surface area contributed by atoms with Crippen LogP contribution in [-0.4, -0.2) is 83.9 Å². The van der Waals surface area contributed by atoms with Crippen molar-refractivity contribution in [3.05, 3.63) is 24.8 Å². The third-order valence-corrected chi connectivity index (χ3v) is 10.3. The van der Waals surface area contributed by atoms with Crippen molar-refractivity contribution in [2.24, 2.45) is 0 Å². The van der Waals surface area contributed by atoms with Gasteiger partial charge in [0, 0.05) is 64.9 Å². The van der Waals surface area contributed by atoms with Crippen LogP contribution in [0.15, 0.2) is 24.8 Å². The first-order valence-corrected chi connectivity index (χ1v) is 15.2. The number of rotatable bonds is 19. The molecule has 12 heteroatoms. The molecule has 0 rings (SSSR count). The zero-order chi connectivity index (χ0) is 26.5. The maximum atomic E-state index is 11.1. The van der Waals surface area contributed by atoms with E-state index in [4.69, 9.17) is 36.0 Å². The summed E-state index contributed by atoms with van der Waals surface area (Å²) in [7, 11) is -0.461. The van der Waals surface area contributed by atoms with Crippen molar-refractivity contribution < 1.29 is 45.6 Å². The molecule has 0 N–H and O–H groups in total. The summed E-state index contributed by atoms with van der Waals surface area (Å²) in [6, 6.07) is 1.26. The van der Waals surface area contributed by atoms with E-state index in [1.54, 1.807) is 28.3 Å². The molecule has 0 aromatic heterocycles. The van der Waals surface area contributed by atoms with Gasteiger partial charge in [-0.1, -0.05) is 13.2 Å². The van der Waals surface area contributed by atoms with Crippen LogP contribution in [-0.2, 0) is 45.6 Å². The molecule has 0 aromatic carbocycles. The van der Waals surface area contributed by atoms with Crippen LogP contribution in [0.3, 0.4) is 0 Å². The fraction of sp³-hybridized carbons (Fsp3) is 0.727. The smallest absolute Gasteiger partial charge is 0.463 e. The molecular formula is C22H44O10Si2. The summed E-state index contributed by atoms with van der Waals surface area (Å²) in [5.74, 6) is -0.786. The summed E-state index contributed by atoms with van der Waals surface area (Å²) >= 11 is 0. The Morgan fingerprint density at radius 1 is 0.765 bits per heavy atom. The lowest BCUT2D eigenvalue weighted by molar-refractivity contribution is -0.139. The van der Waals surface area contributed by atoms with Gasteiger partial charge in [-0.3, -0.25) is 0 Å².